The van der Waals surface area contributed by atoms with Crippen LogP contribution in [0.25, 0.3) is 0 Å². The summed E-state index contributed by atoms with van der Waals surface area (Å²) in [7, 11) is -0.586. The molecule has 188 valence electrons. The molecule has 0 fully saturated rings. The third-order valence-corrected chi connectivity index (χ3v) is 9.50. The summed E-state index contributed by atoms with van der Waals surface area (Å²) in [6, 6.07) is 0. The van der Waals surface area contributed by atoms with E-state index in [0.29, 0.717) is 0 Å². The minimum absolute atomic E-state index is 0. The molecule has 0 aromatic rings. The van der Waals surface area contributed by atoms with Gasteiger partial charge in [0.15, 0.2) is 0 Å². The lowest BCUT2D eigenvalue weighted by atomic mass is 10.2. The second-order valence-electron chi connectivity index (χ2n) is 6.36. The highest BCUT2D eigenvalue weighted by Crippen LogP contribution is 2.61. The Balaban J connectivity index is -0.0000000450. The van der Waals surface area contributed by atoms with Gasteiger partial charge in [-0.3, -0.25) is 0 Å². The number of halogens is 9. The zero-order valence-electron chi connectivity index (χ0n) is 18.0. The molecule has 0 rings (SSSR count). The summed E-state index contributed by atoms with van der Waals surface area (Å²) in [5.41, 5.74) is 0. The second-order valence-corrected chi connectivity index (χ2v) is 10.8. The van der Waals surface area contributed by atoms with E-state index in [1.54, 1.807) is 24.6 Å². The van der Waals surface area contributed by atoms with Crippen LogP contribution >= 0.6 is 119 Å². The molecule has 0 spiro atoms. The van der Waals surface area contributed by atoms with Crippen molar-refractivity contribution in [1.82, 2.24) is 0 Å². The Kier molecular flexibility index (Phi) is 108. The van der Waals surface area contributed by atoms with Gasteiger partial charge in [-0.1, -0.05) is 59.8 Å². The van der Waals surface area contributed by atoms with E-state index in [1.807, 2.05) is 0 Å². The van der Waals surface area contributed by atoms with E-state index in [-0.39, 0.29) is 112 Å². The molecule has 0 aliphatic carbocycles. The Morgan fingerprint density at radius 2 is 0.571 bits per heavy atom. The molecule has 0 heterocycles. The van der Waals surface area contributed by atoms with E-state index >= 15 is 0 Å². The molecular formula is C18H49Cl9P+. The average Bonchev–Trinajstić information content (AvgIpc) is 2.44. The summed E-state index contributed by atoms with van der Waals surface area (Å²) in [4.78, 5) is 0. The van der Waals surface area contributed by atoms with Gasteiger partial charge < -0.3 is 0 Å². The van der Waals surface area contributed by atoms with Crippen molar-refractivity contribution in [2.75, 3.05) is 24.6 Å². The van der Waals surface area contributed by atoms with Gasteiger partial charge in [0.05, 0.1) is 24.6 Å². The van der Waals surface area contributed by atoms with Gasteiger partial charge in [-0.05, 0) is 32.1 Å². The normalized spacial score (nSPS) is 8.14. The minimum Gasteiger partial charge on any atom is -0.147 e. The maximum absolute atomic E-state index is 2.37. The van der Waals surface area contributed by atoms with Crippen molar-refractivity contribution >= 4 is 119 Å². The molecule has 28 heavy (non-hydrogen) atoms. The molecule has 0 aromatic carbocycles. The number of hydrogen-bond donors (Lipinski definition) is 0. The zero-order chi connectivity index (χ0) is 14.4. The van der Waals surface area contributed by atoms with Crippen LogP contribution in [0.4, 0.5) is 0 Å². The molecule has 0 aliphatic heterocycles. The van der Waals surface area contributed by atoms with Crippen molar-refractivity contribution in [1.29, 1.82) is 0 Å². The van der Waals surface area contributed by atoms with Crippen molar-refractivity contribution in [3.8, 4) is 0 Å². The van der Waals surface area contributed by atoms with E-state index in [4.69, 9.17) is 0 Å². The fourth-order valence-electron chi connectivity index (χ4n) is 3.03. The lowest BCUT2D eigenvalue weighted by Gasteiger charge is -2.28. The Labute approximate surface area is 233 Å². The van der Waals surface area contributed by atoms with Crippen LogP contribution in [0.2, 0.25) is 0 Å². The smallest absolute Gasteiger partial charge is 0.0594 e. The van der Waals surface area contributed by atoms with Crippen LogP contribution in [0.15, 0.2) is 0 Å². The summed E-state index contributed by atoms with van der Waals surface area (Å²) in [6.45, 7) is 9.43. The van der Waals surface area contributed by atoms with Gasteiger partial charge in [0.2, 0.25) is 0 Å². The first-order valence-corrected chi connectivity index (χ1v) is 11.6. The van der Waals surface area contributed by atoms with Gasteiger partial charge in [-0.15, -0.1) is 112 Å². The minimum atomic E-state index is -0.586. The Hall–Kier alpha value is 3.04. The molecule has 0 saturated heterocycles. The number of unbranched alkanes of at least 4 members (excludes halogenated alkanes) is 6. The van der Waals surface area contributed by atoms with Crippen molar-refractivity contribution in [2.45, 2.75) is 91.9 Å². The standard InChI is InChI=1S/C18H40P.9ClH/c1-5-9-13-14-18-19(15-10-6-2,16-11-7-3)17-12-8-4;;;;;;;;;/h5-18H2,1-4H3;9*1H/q+1;;;;;;;;;. The first-order chi connectivity index (χ1) is 9.24. The summed E-state index contributed by atoms with van der Waals surface area (Å²) in [5.74, 6) is 0. The molecule has 0 radical (unpaired) electrons. The molecular weight excluding hydrogens is 566 g/mol. The van der Waals surface area contributed by atoms with Crippen LogP contribution in [-0.2, 0) is 0 Å². The highest BCUT2D eigenvalue weighted by molar-refractivity contribution is 7.75. The van der Waals surface area contributed by atoms with Gasteiger partial charge in [0, 0.05) is 7.26 Å². The maximum atomic E-state index is 2.37. The first-order valence-electron chi connectivity index (χ1n) is 9.09. The molecule has 0 unspecified atom stereocenters. The van der Waals surface area contributed by atoms with Crippen molar-refractivity contribution < 1.29 is 0 Å². The Morgan fingerprint density at radius 3 is 0.821 bits per heavy atom. The van der Waals surface area contributed by atoms with Crippen molar-refractivity contribution in [2.24, 2.45) is 0 Å². The van der Waals surface area contributed by atoms with Crippen LogP contribution in [-0.4, -0.2) is 24.6 Å². The number of rotatable bonds is 14. The van der Waals surface area contributed by atoms with Crippen LogP contribution in [0, 0.1) is 0 Å². The van der Waals surface area contributed by atoms with Crippen molar-refractivity contribution in [3.05, 3.63) is 0 Å². The van der Waals surface area contributed by atoms with Crippen LogP contribution in [0.3, 0.4) is 0 Å². The molecule has 0 atom stereocenters. The lowest BCUT2D eigenvalue weighted by Crippen LogP contribution is -2.12. The Bertz CT molecular complexity index is 180. The van der Waals surface area contributed by atoms with E-state index < -0.39 is 7.26 Å². The van der Waals surface area contributed by atoms with Gasteiger partial charge in [-0.2, -0.15) is 0 Å². The highest BCUT2D eigenvalue weighted by atomic mass is 35.5. The van der Waals surface area contributed by atoms with Gasteiger partial charge in [-0.25, -0.2) is 0 Å². The quantitative estimate of drug-likeness (QED) is 0.135. The molecule has 10 heteroatoms. The molecule has 0 N–H and O–H groups in total. The fraction of sp³-hybridized carbons (Fsp3) is 1.00. The summed E-state index contributed by atoms with van der Waals surface area (Å²) < 4.78 is 0. The first kappa shape index (κ1) is 63.3. The fourth-order valence-corrected chi connectivity index (χ4v) is 8.22. The van der Waals surface area contributed by atoms with Crippen LogP contribution < -0.4 is 0 Å². The molecule has 0 saturated carbocycles. The summed E-state index contributed by atoms with van der Waals surface area (Å²) >= 11 is 0. The zero-order valence-corrected chi connectivity index (χ0v) is 26.3. The molecule has 0 nitrogen and oxygen atoms in total. The molecule has 0 amide bonds. The molecule has 0 aliphatic rings. The van der Waals surface area contributed by atoms with Crippen LogP contribution in [0.1, 0.15) is 91.9 Å². The topological polar surface area (TPSA) is 0 Å². The SMILES string of the molecule is CCCCCC[P+](CCCC)(CCCC)CCCC.Cl.Cl.Cl.Cl.Cl.Cl.Cl.Cl.Cl. The monoisotopic (exact) mass is 611 g/mol. The predicted octanol–water partition coefficient (Wildman–Crippen LogP) is 10.8. The second kappa shape index (κ2) is 47.7. The van der Waals surface area contributed by atoms with E-state index in [1.165, 1.54) is 64.2 Å². The van der Waals surface area contributed by atoms with E-state index in [9.17, 15) is 0 Å². The van der Waals surface area contributed by atoms with E-state index in [0.717, 1.165) is 0 Å². The Morgan fingerprint density at radius 1 is 0.321 bits per heavy atom. The largest absolute Gasteiger partial charge is 0.147 e. The summed E-state index contributed by atoms with van der Waals surface area (Å²) in [5, 5.41) is 0. The van der Waals surface area contributed by atoms with Crippen molar-refractivity contribution in [3.63, 3.8) is 0 Å². The van der Waals surface area contributed by atoms with Gasteiger partial charge in [0.1, 0.15) is 0 Å². The van der Waals surface area contributed by atoms with E-state index in [2.05, 4.69) is 27.7 Å². The third kappa shape index (κ3) is 36.4. The maximum Gasteiger partial charge on any atom is 0.0594 e. The predicted molar refractivity (Wildman–Crippen MR) is 160 cm³/mol. The average molecular weight is 616 g/mol. The lowest BCUT2D eigenvalue weighted by molar-refractivity contribution is 0.699. The van der Waals surface area contributed by atoms with Gasteiger partial charge >= 0.3 is 0 Å². The third-order valence-electron chi connectivity index (χ3n) is 4.44. The summed E-state index contributed by atoms with van der Waals surface area (Å²) in [6.07, 6.45) is 21.0. The molecule has 0 aromatic heterocycles. The van der Waals surface area contributed by atoms with Gasteiger partial charge in [0.25, 0.3) is 0 Å². The molecule has 0 bridgehead atoms. The number of hydrogen-bond acceptors (Lipinski definition) is 0. The highest BCUT2D eigenvalue weighted by Gasteiger charge is 2.34. The van der Waals surface area contributed by atoms with Crippen LogP contribution in [0.5, 0.6) is 0 Å².